The van der Waals surface area contributed by atoms with Crippen molar-refractivity contribution in [2.24, 2.45) is 11.3 Å². The van der Waals surface area contributed by atoms with Crippen LogP contribution in [0.25, 0.3) is 0 Å². The Morgan fingerprint density at radius 2 is 2.11 bits per heavy atom. The van der Waals surface area contributed by atoms with Crippen molar-refractivity contribution in [3.8, 4) is 0 Å². The molecule has 3 rings (SSSR count). The van der Waals surface area contributed by atoms with Gasteiger partial charge in [0.2, 0.25) is 10.0 Å². The summed E-state index contributed by atoms with van der Waals surface area (Å²) < 4.78 is 27.7. The van der Waals surface area contributed by atoms with E-state index in [1.807, 2.05) is 0 Å². The Hall–Kier alpha value is -0.460. The van der Waals surface area contributed by atoms with Crippen LogP contribution >= 0.6 is 15.9 Å². The third-order valence-corrected chi connectivity index (χ3v) is 5.74. The zero-order chi connectivity index (χ0) is 12.8. The number of hydrogen-bond donors (Lipinski definition) is 1. The largest absolute Gasteiger partial charge is 0.262 e. The first-order valence-electron chi connectivity index (χ1n) is 6.12. The van der Waals surface area contributed by atoms with Crippen molar-refractivity contribution in [2.75, 3.05) is 6.54 Å². The second-order valence-electron chi connectivity index (χ2n) is 5.30. The molecule has 0 saturated heterocycles. The van der Waals surface area contributed by atoms with Crippen LogP contribution in [0.15, 0.2) is 27.8 Å². The molecule has 0 radical (unpaired) electrons. The molecule has 1 aromatic rings. The van der Waals surface area contributed by atoms with Gasteiger partial charge in [-0.15, -0.1) is 0 Å². The Bertz CT molecular complexity index is 565. The van der Waals surface area contributed by atoms with Crippen LogP contribution in [0.4, 0.5) is 0 Å². The molecular weight excluding hydrogens is 316 g/mol. The molecule has 98 valence electrons. The lowest BCUT2D eigenvalue weighted by Crippen LogP contribution is -2.31. The van der Waals surface area contributed by atoms with Crippen molar-refractivity contribution >= 4 is 26.0 Å². The van der Waals surface area contributed by atoms with Gasteiger partial charge in [0.05, 0.1) is 0 Å². The van der Waals surface area contributed by atoms with Gasteiger partial charge in [0.15, 0.2) is 0 Å². The SMILES string of the molecule is O=S(=O)(NCC1(C2CC2)CC1)c1cncc(Br)c1. The molecule has 0 aliphatic heterocycles. The lowest BCUT2D eigenvalue weighted by Gasteiger charge is -2.15. The molecule has 0 bridgehead atoms. The molecule has 1 N–H and O–H groups in total. The van der Waals surface area contributed by atoms with Crippen LogP contribution in [0.3, 0.4) is 0 Å². The van der Waals surface area contributed by atoms with Crippen molar-refractivity contribution in [2.45, 2.75) is 30.6 Å². The Morgan fingerprint density at radius 1 is 1.39 bits per heavy atom. The van der Waals surface area contributed by atoms with Gasteiger partial charge in [0, 0.05) is 23.4 Å². The average Bonchev–Trinajstić information content (AvgIpc) is 3.18. The molecule has 6 heteroatoms. The molecule has 1 heterocycles. The molecule has 0 unspecified atom stereocenters. The molecule has 0 aromatic carbocycles. The van der Waals surface area contributed by atoms with Crippen LogP contribution in [-0.4, -0.2) is 19.9 Å². The highest BCUT2D eigenvalue weighted by Crippen LogP contribution is 2.60. The normalized spacial score (nSPS) is 21.8. The fraction of sp³-hybridized carbons (Fsp3) is 0.583. The topological polar surface area (TPSA) is 59.1 Å². The van der Waals surface area contributed by atoms with E-state index in [9.17, 15) is 8.42 Å². The molecule has 1 aromatic heterocycles. The fourth-order valence-corrected chi connectivity index (χ4v) is 4.09. The summed E-state index contributed by atoms with van der Waals surface area (Å²) in [7, 11) is -3.42. The average molecular weight is 331 g/mol. The Labute approximate surface area is 115 Å². The highest BCUT2D eigenvalue weighted by molar-refractivity contribution is 9.10. The molecular formula is C12H15BrN2O2S. The van der Waals surface area contributed by atoms with Crippen LogP contribution in [0.1, 0.15) is 25.7 Å². The van der Waals surface area contributed by atoms with E-state index in [1.165, 1.54) is 19.0 Å². The lowest BCUT2D eigenvalue weighted by molar-refractivity contribution is 0.432. The summed E-state index contributed by atoms with van der Waals surface area (Å²) in [5, 5.41) is 0. The standard InChI is InChI=1S/C12H15BrN2O2S/c13-10-5-11(7-14-6-10)18(16,17)15-8-12(3-4-12)9-1-2-9/h5-7,9,15H,1-4,8H2. The van der Waals surface area contributed by atoms with Gasteiger partial charge < -0.3 is 0 Å². The molecule has 0 amide bonds. The van der Waals surface area contributed by atoms with E-state index in [4.69, 9.17) is 0 Å². The van der Waals surface area contributed by atoms with E-state index in [-0.39, 0.29) is 10.3 Å². The Kier molecular flexibility index (Phi) is 2.99. The zero-order valence-corrected chi connectivity index (χ0v) is 12.3. The van der Waals surface area contributed by atoms with Gasteiger partial charge in [0.1, 0.15) is 4.90 Å². The molecule has 2 aliphatic rings. The summed E-state index contributed by atoms with van der Waals surface area (Å²) in [5.74, 6) is 0.751. The molecule has 0 spiro atoms. The first-order chi connectivity index (χ1) is 8.52. The van der Waals surface area contributed by atoms with E-state index in [1.54, 1.807) is 12.3 Å². The number of rotatable bonds is 5. The number of halogens is 1. The van der Waals surface area contributed by atoms with Crippen molar-refractivity contribution in [3.63, 3.8) is 0 Å². The minimum atomic E-state index is -3.42. The number of sulfonamides is 1. The smallest absolute Gasteiger partial charge is 0.242 e. The highest BCUT2D eigenvalue weighted by atomic mass is 79.9. The maximum absolute atomic E-state index is 12.1. The lowest BCUT2D eigenvalue weighted by atomic mass is 10.0. The van der Waals surface area contributed by atoms with Crippen LogP contribution < -0.4 is 4.72 Å². The quantitative estimate of drug-likeness (QED) is 0.901. The summed E-state index contributed by atoms with van der Waals surface area (Å²) in [4.78, 5) is 4.12. The predicted molar refractivity (Wildman–Crippen MR) is 71.5 cm³/mol. The van der Waals surface area contributed by atoms with E-state index in [0.717, 1.165) is 18.8 Å². The van der Waals surface area contributed by atoms with Gasteiger partial charge in [-0.25, -0.2) is 13.1 Å². The predicted octanol–water partition coefficient (Wildman–Crippen LogP) is 2.31. The summed E-state index contributed by atoms with van der Waals surface area (Å²) >= 11 is 3.24. The van der Waals surface area contributed by atoms with Crippen molar-refractivity contribution < 1.29 is 8.42 Å². The third-order valence-electron chi connectivity index (χ3n) is 3.94. The number of nitrogens with zero attached hydrogens (tertiary/aromatic N) is 1. The third kappa shape index (κ3) is 2.46. The van der Waals surface area contributed by atoms with Gasteiger partial charge in [-0.1, -0.05) is 0 Å². The van der Waals surface area contributed by atoms with Crippen LogP contribution in [-0.2, 0) is 10.0 Å². The zero-order valence-electron chi connectivity index (χ0n) is 9.89. The Balaban J connectivity index is 1.71. The minimum absolute atomic E-state index is 0.225. The first-order valence-corrected chi connectivity index (χ1v) is 8.40. The van der Waals surface area contributed by atoms with Crippen LogP contribution in [0.5, 0.6) is 0 Å². The summed E-state index contributed by atoms with van der Waals surface area (Å²) in [6.45, 7) is 0.576. The number of nitrogens with one attached hydrogen (secondary N) is 1. The number of aromatic nitrogens is 1. The Morgan fingerprint density at radius 3 is 2.67 bits per heavy atom. The van der Waals surface area contributed by atoms with Gasteiger partial charge in [0.25, 0.3) is 0 Å². The second-order valence-corrected chi connectivity index (χ2v) is 7.98. The highest BCUT2D eigenvalue weighted by Gasteiger charge is 2.53. The summed E-state index contributed by atoms with van der Waals surface area (Å²) in [6.07, 6.45) is 7.81. The summed E-state index contributed by atoms with van der Waals surface area (Å²) in [5.41, 5.74) is 0.270. The summed E-state index contributed by atoms with van der Waals surface area (Å²) in [6, 6.07) is 1.58. The molecule has 18 heavy (non-hydrogen) atoms. The van der Waals surface area contributed by atoms with Crippen molar-refractivity contribution in [1.82, 2.24) is 9.71 Å². The maximum Gasteiger partial charge on any atom is 0.242 e. The maximum atomic E-state index is 12.1. The van der Waals surface area contributed by atoms with Gasteiger partial charge in [-0.3, -0.25) is 4.98 Å². The van der Waals surface area contributed by atoms with Crippen molar-refractivity contribution in [3.05, 3.63) is 22.9 Å². The van der Waals surface area contributed by atoms with E-state index >= 15 is 0 Å². The van der Waals surface area contributed by atoms with Gasteiger partial charge in [-0.05, 0) is 59.0 Å². The van der Waals surface area contributed by atoms with Crippen LogP contribution in [0, 0.1) is 11.3 Å². The van der Waals surface area contributed by atoms with E-state index < -0.39 is 10.0 Å². The minimum Gasteiger partial charge on any atom is -0.262 e. The number of hydrogen-bond acceptors (Lipinski definition) is 3. The van der Waals surface area contributed by atoms with Gasteiger partial charge in [-0.2, -0.15) is 0 Å². The van der Waals surface area contributed by atoms with Gasteiger partial charge >= 0.3 is 0 Å². The molecule has 4 nitrogen and oxygen atoms in total. The molecule has 2 aliphatic carbocycles. The number of pyridine rings is 1. The molecule has 2 saturated carbocycles. The van der Waals surface area contributed by atoms with E-state index in [0.29, 0.717) is 11.0 Å². The second kappa shape index (κ2) is 4.28. The van der Waals surface area contributed by atoms with Crippen molar-refractivity contribution in [1.29, 1.82) is 0 Å². The molecule has 2 fully saturated rings. The monoisotopic (exact) mass is 330 g/mol. The fourth-order valence-electron chi connectivity index (χ4n) is 2.45. The van der Waals surface area contributed by atoms with E-state index in [2.05, 4.69) is 25.6 Å². The first kappa shape index (κ1) is 12.6. The molecule has 0 atom stereocenters. The van der Waals surface area contributed by atoms with Crippen LogP contribution in [0.2, 0.25) is 0 Å².